The highest BCUT2D eigenvalue weighted by Crippen LogP contribution is 2.51. The molecule has 1 amide bonds. The van der Waals surface area contributed by atoms with Gasteiger partial charge in [0.05, 0.1) is 5.92 Å². The van der Waals surface area contributed by atoms with Crippen LogP contribution in [0.3, 0.4) is 0 Å². The third-order valence-electron chi connectivity index (χ3n) is 3.34. The molecule has 0 aromatic carbocycles. The average Bonchev–Trinajstić information content (AvgIpc) is 2.73. The van der Waals surface area contributed by atoms with E-state index in [9.17, 15) is 9.59 Å². The topological polar surface area (TPSA) is 66.4 Å². The smallest absolute Gasteiger partial charge is 0.308 e. The van der Waals surface area contributed by atoms with Gasteiger partial charge in [-0.25, -0.2) is 0 Å². The van der Waals surface area contributed by atoms with Crippen molar-refractivity contribution in [3.63, 3.8) is 0 Å². The number of hydrogen-bond acceptors (Lipinski definition) is 2. The van der Waals surface area contributed by atoms with E-state index in [1.54, 1.807) is 13.8 Å². The van der Waals surface area contributed by atoms with Crippen LogP contribution in [0.15, 0.2) is 0 Å². The van der Waals surface area contributed by atoms with Gasteiger partial charge in [0.1, 0.15) is 0 Å². The summed E-state index contributed by atoms with van der Waals surface area (Å²) in [7, 11) is 0. The predicted molar refractivity (Wildman–Crippen MR) is 56.3 cm³/mol. The van der Waals surface area contributed by atoms with Crippen molar-refractivity contribution >= 4 is 11.9 Å². The average molecular weight is 213 g/mol. The SMILES string of the molecule is CC(NC(=O)C1CC1(C)C)C(C)C(=O)O. The fourth-order valence-electron chi connectivity index (χ4n) is 1.58. The third kappa shape index (κ3) is 2.70. The number of carbonyl (C=O) groups excluding carboxylic acids is 1. The van der Waals surface area contributed by atoms with E-state index in [0.717, 1.165) is 6.42 Å². The molecule has 4 nitrogen and oxygen atoms in total. The van der Waals surface area contributed by atoms with Crippen molar-refractivity contribution in [1.29, 1.82) is 0 Å². The van der Waals surface area contributed by atoms with Gasteiger partial charge in [0.2, 0.25) is 5.91 Å². The fraction of sp³-hybridized carbons (Fsp3) is 0.818. The number of carboxylic acids is 1. The maximum Gasteiger partial charge on any atom is 0.308 e. The second-order valence-corrected chi connectivity index (χ2v) is 5.17. The molecule has 4 heteroatoms. The Morgan fingerprint density at radius 1 is 1.40 bits per heavy atom. The van der Waals surface area contributed by atoms with Gasteiger partial charge in [-0.1, -0.05) is 13.8 Å². The van der Waals surface area contributed by atoms with Crippen LogP contribution in [0.2, 0.25) is 0 Å². The van der Waals surface area contributed by atoms with Gasteiger partial charge in [-0.3, -0.25) is 9.59 Å². The molecule has 0 aromatic rings. The molecule has 1 aliphatic carbocycles. The predicted octanol–water partition coefficient (Wildman–Crippen LogP) is 1.26. The fourth-order valence-corrected chi connectivity index (χ4v) is 1.58. The largest absolute Gasteiger partial charge is 0.481 e. The van der Waals surface area contributed by atoms with Gasteiger partial charge >= 0.3 is 5.97 Å². The van der Waals surface area contributed by atoms with Crippen LogP contribution in [0, 0.1) is 17.3 Å². The van der Waals surface area contributed by atoms with E-state index >= 15 is 0 Å². The van der Waals surface area contributed by atoms with Gasteiger partial charge in [0.25, 0.3) is 0 Å². The molecule has 0 bridgehead atoms. The highest BCUT2D eigenvalue weighted by atomic mass is 16.4. The Balaban J connectivity index is 2.42. The zero-order chi connectivity index (χ0) is 11.8. The highest BCUT2D eigenvalue weighted by Gasteiger charge is 2.50. The Morgan fingerprint density at radius 3 is 2.20 bits per heavy atom. The van der Waals surface area contributed by atoms with Crippen LogP contribution in [-0.2, 0) is 9.59 Å². The molecule has 1 fully saturated rings. The minimum atomic E-state index is -0.877. The van der Waals surface area contributed by atoms with Crippen molar-refractivity contribution in [1.82, 2.24) is 5.32 Å². The van der Waals surface area contributed by atoms with Crippen LogP contribution in [-0.4, -0.2) is 23.0 Å². The molecule has 0 spiro atoms. The summed E-state index contributed by atoms with van der Waals surface area (Å²) in [5.74, 6) is -1.38. The van der Waals surface area contributed by atoms with Crippen LogP contribution >= 0.6 is 0 Å². The highest BCUT2D eigenvalue weighted by molar-refractivity contribution is 5.83. The van der Waals surface area contributed by atoms with E-state index in [1.165, 1.54) is 0 Å². The van der Waals surface area contributed by atoms with E-state index in [1.807, 2.05) is 13.8 Å². The summed E-state index contributed by atoms with van der Waals surface area (Å²) in [6, 6.07) is -0.314. The third-order valence-corrected chi connectivity index (χ3v) is 3.34. The van der Waals surface area contributed by atoms with Crippen molar-refractivity contribution < 1.29 is 14.7 Å². The van der Waals surface area contributed by atoms with Crippen molar-refractivity contribution in [2.45, 2.75) is 40.2 Å². The standard InChI is InChI=1S/C11H19NO3/c1-6(10(14)15)7(2)12-9(13)8-5-11(8,3)4/h6-8H,5H2,1-4H3,(H,12,13)(H,14,15). The van der Waals surface area contributed by atoms with Gasteiger partial charge in [-0.05, 0) is 25.7 Å². The normalized spacial score (nSPS) is 26.5. The Labute approximate surface area is 90.0 Å². The zero-order valence-corrected chi connectivity index (χ0v) is 9.70. The molecule has 15 heavy (non-hydrogen) atoms. The van der Waals surface area contributed by atoms with Gasteiger partial charge in [0, 0.05) is 12.0 Å². The summed E-state index contributed by atoms with van der Waals surface area (Å²) in [4.78, 5) is 22.3. The summed E-state index contributed by atoms with van der Waals surface area (Å²) >= 11 is 0. The molecule has 0 aliphatic heterocycles. The summed E-state index contributed by atoms with van der Waals surface area (Å²) in [6.07, 6.45) is 0.896. The molecule has 0 aromatic heterocycles. The van der Waals surface area contributed by atoms with Crippen molar-refractivity contribution in [2.24, 2.45) is 17.3 Å². The molecule has 1 saturated carbocycles. The first-order valence-electron chi connectivity index (χ1n) is 5.29. The van der Waals surface area contributed by atoms with Gasteiger partial charge in [0.15, 0.2) is 0 Å². The second-order valence-electron chi connectivity index (χ2n) is 5.17. The molecule has 86 valence electrons. The minimum Gasteiger partial charge on any atom is -0.481 e. The minimum absolute atomic E-state index is 0.0133. The number of amides is 1. The first-order chi connectivity index (χ1) is 6.75. The molecule has 1 rings (SSSR count). The monoisotopic (exact) mass is 213 g/mol. The van der Waals surface area contributed by atoms with Gasteiger partial charge in [-0.2, -0.15) is 0 Å². The van der Waals surface area contributed by atoms with Crippen LogP contribution in [0.5, 0.6) is 0 Å². The Morgan fingerprint density at radius 2 is 1.87 bits per heavy atom. The summed E-state index contributed by atoms with van der Waals surface area (Å²) in [5, 5.41) is 11.5. The molecular weight excluding hydrogens is 194 g/mol. The van der Waals surface area contributed by atoms with Crippen molar-refractivity contribution in [2.75, 3.05) is 0 Å². The Bertz CT molecular complexity index is 286. The Kier molecular flexibility index (Phi) is 3.07. The Hall–Kier alpha value is -1.06. The number of carboxylic acid groups (broad SMARTS) is 1. The number of aliphatic carboxylic acids is 1. The van der Waals surface area contributed by atoms with E-state index in [4.69, 9.17) is 5.11 Å². The van der Waals surface area contributed by atoms with E-state index < -0.39 is 11.9 Å². The van der Waals surface area contributed by atoms with Crippen LogP contribution in [0.1, 0.15) is 34.1 Å². The maximum atomic E-state index is 11.7. The molecular formula is C11H19NO3. The first-order valence-corrected chi connectivity index (χ1v) is 5.29. The lowest BCUT2D eigenvalue weighted by atomic mass is 10.0. The van der Waals surface area contributed by atoms with Gasteiger partial charge < -0.3 is 10.4 Å². The molecule has 0 heterocycles. The number of nitrogens with one attached hydrogen (secondary N) is 1. The van der Waals surface area contributed by atoms with Crippen LogP contribution in [0.4, 0.5) is 0 Å². The summed E-state index contributed by atoms with van der Waals surface area (Å²) in [6.45, 7) is 7.42. The second kappa shape index (κ2) is 3.83. The summed E-state index contributed by atoms with van der Waals surface area (Å²) < 4.78 is 0. The number of rotatable bonds is 4. The zero-order valence-electron chi connectivity index (χ0n) is 9.70. The van der Waals surface area contributed by atoms with Crippen molar-refractivity contribution in [3.05, 3.63) is 0 Å². The molecule has 3 unspecified atom stereocenters. The van der Waals surface area contributed by atoms with E-state index in [-0.39, 0.29) is 23.3 Å². The number of hydrogen-bond donors (Lipinski definition) is 2. The molecule has 1 aliphatic rings. The van der Waals surface area contributed by atoms with Crippen LogP contribution < -0.4 is 5.32 Å². The molecule has 3 atom stereocenters. The lowest BCUT2D eigenvalue weighted by Crippen LogP contribution is -2.41. The summed E-state index contributed by atoms with van der Waals surface area (Å²) in [5.41, 5.74) is 0.0935. The molecule has 0 saturated heterocycles. The molecule has 2 N–H and O–H groups in total. The first kappa shape index (κ1) is 12.0. The number of carbonyl (C=O) groups is 2. The van der Waals surface area contributed by atoms with E-state index in [0.29, 0.717) is 0 Å². The molecule has 0 radical (unpaired) electrons. The van der Waals surface area contributed by atoms with Crippen molar-refractivity contribution in [3.8, 4) is 0 Å². The quantitative estimate of drug-likeness (QED) is 0.738. The van der Waals surface area contributed by atoms with Gasteiger partial charge in [-0.15, -0.1) is 0 Å². The maximum absolute atomic E-state index is 11.7. The van der Waals surface area contributed by atoms with E-state index in [2.05, 4.69) is 5.32 Å². The lowest BCUT2D eigenvalue weighted by molar-refractivity contribution is -0.142. The lowest BCUT2D eigenvalue weighted by Gasteiger charge is -2.18. The van der Waals surface area contributed by atoms with Crippen LogP contribution in [0.25, 0.3) is 0 Å².